The average Bonchev–Trinajstić information content (AvgIpc) is 3.22. The van der Waals surface area contributed by atoms with Crippen molar-refractivity contribution in [3.05, 3.63) is 59.7 Å². The summed E-state index contributed by atoms with van der Waals surface area (Å²) in [6.07, 6.45) is 5.03. The van der Waals surface area contributed by atoms with Crippen molar-refractivity contribution in [2.75, 3.05) is 16.4 Å². The molecule has 0 bridgehead atoms. The minimum Gasteiger partial charge on any atom is -0.326 e. The summed E-state index contributed by atoms with van der Waals surface area (Å²) in [5.41, 5.74) is 3.00. The van der Waals surface area contributed by atoms with Crippen molar-refractivity contribution in [3.8, 4) is 0 Å². The zero-order valence-corrected chi connectivity index (χ0v) is 17.7. The zero-order chi connectivity index (χ0) is 19.8. The molecular weight excluding hydrogens is 388 g/mol. The van der Waals surface area contributed by atoms with Crippen molar-refractivity contribution in [1.82, 2.24) is 0 Å². The predicted octanol–water partition coefficient (Wildman–Crippen LogP) is 5.90. The SMILES string of the molecule is Cc1ccc(NC(=O)c2ccccc2)cc1NC(=O)CCCCC1CCSS1. The third kappa shape index (κ3) is 6.31. The first-order valence-electron chi connectivity index (χ1n) is 9.67. The standard InChI is InChI=1S/C22H26N2O2S2/c1-16-11-12-18(23-22(26)17-7-3-2-4-8-17)15-20(16)24-21(25)10-6-5-9-19-13-14-27-28-19/h2-4,7-8,11-12,15,19H,5-6,9-10,13-14H2,1H3,(H,23,26)(H,24,25). The van der Waals surface area contributed by atoms with Crippen molar-refractivity contribution in [3.63, 3.8) is 0 Å². The fraction of sp³-hybridized carbons (Fsp3) is 0.364. The minimum absolute atomic E-state index is 0.0306. The second kappa shape index (κ2) is 10.6. The number of aryl methyl sites for hydroxylation is 1. The fourth-order valence-electron chi connectivity index (χ4n) is 3.06. The van der Waals surface area contributed by atoms with Gasteiger partial charge < -0.3 is 10.6 Å². The lowest BCUT2D eigenvalue weighted by Gasteiger charge is -2.12. The van der Waals surface area contributed by atoms with Crippen LogP contribution in [0.5, 0.6) is 0 Å². The number of amides is 2. The van der Waals surface area contributed by atoms with E-state index in [-0.39, 0.29) is 11.8 Å². The summed E-state index contributed by atoms with van der Waals surface area (Å²) in [4.78, 5) is 24.6. The Hall–Kier alpha value is -1.92. The van der Waals surface area contributed by atoms with Gasteiger partial charge in [0.25, 0.3) is 5.91 Å². The highest BCUT2D eigenvalue weighted by molar-refractivity contribution is 8.77. The van der Waals surface area contributed by atoms with Crippen LogP contribution in [0, 0.1) is 6.92 Å². The quantitative estimate of drug-likeness (QED) is 0.417. The minimum atomic E-state index is -0.162. The number of carbonyl (C=O) groups excluding carboxylic acids is 2. The second-order valence-corrected chi connectivity index (χ2v) is 9.76. The molecule has 1 fully saturated rings. The Morgan fingerprint density at radius 1 is 1.07 bits per heavy atom. The van der Waals surface area contributed by atoms with E-state index in [2.05, 4.69) is 10.6 Å². The van der Waals surface area contributed by atoms with Crippen LogP contribution in [-0.2, 0) is 4.79 Å². The molecule has 1 aliphatic heterocycles. The molecule has 2 N–H and O–H groups in total. The number of anilines is 2. The molecule has 1 aliphatic rings. The van der Waals surface area contributed by atoms with Gasteiger partial charge in [-0.15, -0.1) is 0 Å². The molecular formula is C22H26N2O2S2. The molecule has 6 heteroatoms. The molecule has 1 heterocycles. The van der Waals surface area contributed by atoms with Crippen LogP contribution in [-0.4, -0.2) is 22.8 Å². The van der Waals surface area contributed by atoms with Crippen molar-refractivity contribution in [2.45, 2.75) is 44.3 Å². The maximum absolute atomic E-state index is 12.3. The van der Waals surface area contributed by atoms with Gasteiger partial charge in [-0.3, -0.25) is 9.59 Å². The van der Waals surface area contributed by atoms with Crippen LogP contribution < -0.4 is 10.6 Å². The number of carbonyl (C=O) groups is 2. The topological polar surface area (TPSA) is 58.2 Å². The first-order chi connectivity index (χ1) is 13.6. The van der Waals surface area contributed by atoms with Gasteiger partial charge in [0.05, 0.1) is 0 Å². The summed E-state index contributed by atoms with van der Waals surface area (Å²) in [6.45, 7) is 1.95. The van der Waals surface area contributed by atoms with Gasteiger partial charge in [0.2, 0.25) is 5.91 Å². The normalized spacial score (nSPS) is 16.0. The predicted molar refractivity (Wildman–Crippen MR) is 121 cm³/mol. The van der Waals surface area contributed by atoms with Gasteiger partial charge in [0.1, 0.15) is 0 Å². The smallest absolute Gasteiger partial charge is 0.255 e. The lowest BCUT2D eigenvalue weighted by atomic mass is 10.1. The Bertz CT molecular complexity index is 805. The molecule has 1 unspecified atom stereocenters. The van der Waals surface area contributed by atoms with Crippen LogP contribution in [0.4, 0.5) is 11.4 Å². The maximum atomic E-state index is 12.3. The van der Waals surface area contributed by atoms with Gasteiger partial charge in [0, 0.05) is 34.4 Å². The first kappa shape index (κ1) is 20.8. The number of hydrogen-bond donors (Lipinski definition) is 2. The van der Waals surface area contributed by atoms with Crippen LogP contribution in [0.2, 0.25) is 0 Å². The molecule has 0 spiro atoms. The van der Waals surface area contributed by atoms with Gasteiger partial charge >= 0.3 is 0 Å². The van der Waals surface area contributed by atoms with Gasteiger partial charge in [-0.05, 0) is 56.0 Å². The Kier molecular flexibility index (Phi) is 7.86. The molecule has 0 saturated carbocycles. The zero-order valence-electron chi connectivity index (χ0n) is 16.1. The lowest BCUT2D eigenvalue weighted by Crippen LogP contribution is -2.14. The van der Waals surface area contributed by atoms with Gasteiger partial charge in [-0.25, -0.2) is 0 Å². The van der Waals surface area contributed by atoms with Gasteiger partial charge in [0.15, 0.2) is 0 Å². The van der Waals surface area contributed by atoms with E-state index in [0.717, 1.165) is 29.3 Å². The van der Waals surface area contributed by atoms with Crippen molar-refractivity contribution in [2.24, 2.45) is 0 Å². The van der Waals surface area contributed by atoms with Crippen LogP contribution in [0.25, 0.3) is 0 Å². The summed E-state index contributed by atoms with van der Waals surface area (Å²) >= 11 is 0. The molecule has 0 radical (unpaired) electrons. The molecule has 148 valence electrons. The molecule has 2 aromatic rings. The molecule has 3 rings (SSSR count). The lowest BCUT2D eigenvalue weighted by molar-refractivity contribution is -0.116. The average molecular weight is 415 g/mol. The van der Waals surface area contributed by atoms with Gasteiger partial charge in [-0.1, -0.05) is 52.3 Å². The van der Waals surface area contributed by atoms with E-state index in [0.29, 0.717) is 17.7 Å². The largest absolute Gasteiger partial charge is 0.326 e. The van der Waals surface area contributed by atoms with Gasteiger partial charge in [-0.2, -0.15) is 0 Å². The van der Waals surface area contributed by atoms with E-state index in [4.69, 9.17) is 0 Å². The van der Waals surface area contributed by atoms with E-state index in [1.807, 2.05) is 64.9 Å². The monoisotopic (exact) mass is 414 g/mol. The summed E-state index contributed by atoms with van der Waals surface area (Å²) in [6, 6.07) is 14.7. The molecule has 2 aromatic carbocycles. The van der Waals surface area contributed by atoms with Crippen molar-refractivity contribution in [1.29, 1.82) is 0 Å². The number of benzene rings is 2. The molecule has 0 aromatic heterocycles. The van der Waals surface area contributed by atoms with E-state index >= 15 is 0 Å². The van der Waals surface area contributed by atoms with E-state index < -0.39 is 0 Å². The van der Waals surface area contributed by atoms with Crippen LogP contribution in [0.3, 0.4) is 0 Å². The molecule has 1 saturated heterocycles. The third-order valence-corrected chi connectivity index (χ3v) is 7.72. The number of nitrogens with one attached hydrogen (secondary N) is 2. The Morgan fingerprint density at radius 2 is 1.89 bits per heavy atom. The highest BCUT2D eigenvalue weighted by Crippen LogP contribution is 2.39. The summed E-state index contributed by atoms with van der Waals surface area (Å²) < 4.78 is 0. The summed E-state index contributed by atoms with van der Waals surface area (Å²) in [7, 11) is 3.95. The highest BCUT2D eigenvalue weighted by atomic mass is 33.1. The third-order valence-electron chi connectivity index (χ3n) is 4.71. The molecule has 0 aliphatic carbocycles. The summed E-state index contributed by atoms with van der Waals surface area (Å²) in [5.74, 6) is 1.12. The number of unbranched alkanes of at least 4 members (excludes halogenated alkanes) is 1. The second-order valence-electron chi connectivity index (χ2n) is 6.97. The molecule has 2 amide bonds. The Balaban J connectivity index is 1.49. The first-order valence-corrected chi connectivity index (χ1v) is 12.1. The van der Waals surface area contributed by atoms with E-state index in [1.54, 1.807) is 12.1 Å². The number of hydrogen-bond acceptors (Lipinski definition) is 4. The van der Waals surface area contributed by atoms with Crippen LogP contribution >= 0.6 is 21.6 Å². The van der Waals surface area contributed by atoms with Crippen LogP contribution in [0.15, 0.2) is 48.5 Å². The Morgan fingerprint density at radius 3 is 2.64 bits per heavy atom. The molecule has 4 nitrogen and oxygen atoms in total. The van der Waals surface area contributed by atoms with Crippen molar-refractivity contribution >= 4 is 44.8 Å². The molecule has 28 heavy (non-hydrogen) atoms. The maximum Gasteiger partial charge on any atom is 0.255 e. The molecule has 1 atom stereocenters. The number of rotatable bonds is 8. The Labute approximate surface area is 174 Å². The highest BCUT2D eigenvalue weighted by Gasteiger charge is 2.16. The van der Waals surface area contributed by atoms with Crippen molar-refractivity contribution < 1.29 is 9.59 Å². The van der Waals surface area contributed by atoms with E-state index in [9.17, 15) is 9.59 Å². The summed E-state index contributed by atoms with van der Waals surface area (Å²) in [5, 5.41) is 6.64. The van der Waals surface area contributed by atoms with E-state index in [1.165, 1.54) is 18.6 Å². The van der Waals surface area contributed by atoms with Crippen LogP contribution in [0.1, 0.15) is 48.0 Å². The fourth-order valence-corrected chi connectivity index (χ4v) is 6.09.